The maximum Gasteiger partial charge on any atom is 0.409 e. The molecule has 16 atom stereocenters. The minimum absolute atomic E-state index is 0.0487. The number of rotatable bonds is 32. The van der Waals surface area contributed by atoms with Gasteiger partial charge in [-0.2, -0.15) is 0 Å². The van der Waals surface area contributed by atoms with Gasteiger partial charge in [-0.25, -0.2) is 9.59 Å². The van der Waals surface area contributed by atoms with Gasteiger partial charge in [0.2, 0.25) is 65.0 Å². The molecule has 3 saturated heterocycles. The van der Waals surface area contributed by atoms with E-state index in [1.165, 1.54) is 90.9 Å². The molecule has 12 amide bonds. The van der Waals surface area contributed by atoms with E-state index in [-0.39, 0.29) is 85.2 Å². The van der Waals surface area contributed by atoms with Crippen molar-refractivity contribution in [3.05, 3.63) is 172 Å². The third-order valence-corrected chi connectivity index (χ3v) is 30.3. The van der Waals surface area contributed by atoms with Gasteiger partial charge in [0.05, 0.1) is 25.3 Å². The zero-order valence-corrected chi connectivity index (χ0v) is 81.8. The Labute approximate surface area is 810 Å². The van der Waals surface area contributed by atoms with Gasteiger partial charge < -0.3 is 108 Å². The lowest BCUT2D eigenvalue weighted by molar-refractivity contribution is -0.162. The summed E-state index contributed by atoms with van der Waals surface area (Å²) in [6.07, 6.45) is 2.05. The topological polar surface area (TPSA) is 510 Å². The van der Waals surface area contributed by atoms with Crippen molar-refractivity contribution in [2.45, 2.75) is 228 Å². The fraction of sp³-hybridized carbons (Fsp3) is 0.490. The maximum absolute atomic E-state index is 15.6. The van der Waals surface area contributed by atoms with E-state index >= 15 is 19.2 Å². The number of aromatic nitrogens is 2. The number of unbranched alkanes of at least 4 members (excludes halogenated alkanes) is 2. The highest BCUT2D eigenvalue weighted by Gasteiger charge is 2.65. The molecule has 11 rings (SSSR count). The quantitative estimate of drug-likeness (QED) is 0.00639. The van der Waals surface area contributed by atoms with Crippen molar-refractivity contribution in [1.29, 1.82) is 0 Å². The van der Waals surface area contributed by atoms with Gasteiger partial charge in [0.25, 0.3) is 0 Å². The Balaban J connectivity index is 0.802. The Kier molecular flexibility index (Phi) is 38.2. The normalized spacial score (nSPS) is 24.6. The number of para-hydroxylation sites is 2. The molecule has 0 radical (unpaired) electrons. The van der Waals surface area contributed by atoms with Gasteiger partial charge in [0.15, 0.2) is 5.72 Å². The Morgan fingerprint density at radius 3 is 2.03 bits per heavy atom. The van der Waals surface area contributed by atoms with E-state index < -0.39 is 185 Å². The summed E-state index contributed by atoms with van der Waals surface area (Å²) >= 11 is 6.93. The highest BCUT2D eigenvalue weighted by Crippen LogP contribution is 2.50. The van der Waals surface area contributed by atoms with E-state index in [2.05, 4.69) is 57.8 Å². The number of hydrogen-bond donors (Lipinski definition) is 15. The van der Waals surface area contributed by atoms with Crippen LogP contribution in [0.15, 0.2) is 139 Å². The van der Waals surface area contributed by atoms with Crippen molar-refractivity contribution < 1.29 is 96.2 Å². The molecule has 5 aromatic carbocycles. The molecule has 0 aliphatic carbocycles. The minimum Gasteiger partial charge on any atom is -0.508 e. The Morgan fingerprint density at radius 1 is 0.728 bits per heavy atom. The summed E-state index contributed by atoms with van der Waals surface area (Å²) in [5, 5.41) is 49.4. The van der Waals surface area contributed by atoms with Crippen molar-refractivity contribution in [3.63, 3.8) is 0 Å². The summed E-state index contributed by atoms with van der Waals surface area (Å²) in [5.41, 5.74) is 14.5. The van der Waals surface area contributed by atoms with Gasteiger partial charge in [0.1, 0.15) is 94.8 Å². The number of ether oxygens (including phenoxy) is 5. The molecule has 136 heavy (non-hydrogen) atoms. The second-order valence-corrected chi connectivity index (χ2v) is 41.0. The molecule has 0 saturated carbocycles. The molecule has 6 heterocycles. The van der Waals surface area contributed by atoms with E-state index in [9.17, 15) is 53.4 Å². The number of alkyl carbamates (subject to hydrolysis) is 1. The van der Waals surface area contributed by atoms with Gasteiger partial charge in [-0.3, -0.25) is 58.1 Å². The number of halogens is 1. The first-order chi connectivity index (χ1) is 65.0. The van der Waals surface area contributed by atoms with E-state index in [0.29, 0.717) is 89.7 Å². The lowest BCUT2D eigenvalue weighted by Gasteiger charge is -2.43. The molecule has 0 spiro atoms. The van der Waals surface area contributed by atoms with Crippen molar-refractivity contribution >= 4 is 159 Å². The number of methoxy groups -OCH3 is 2. The molecule has 2 aromatic heterocycles. The number of carbonyl (C=O) groups is 13. The summed E-state index contributed by atoms with van der Waals surface area (Å²) in [5.74, 6) is -10.5. The number of H-pyrrole nitrogens is 2. The zero-order chi connectivity index (χ0) is 98.2. The zero-order valence-electron chi connectivity index (χ0n) is 77.8. The maximum atomic E-state index is 15.6. The average molecular weight is 1970 g/mol. The number of likely N-dealkylation sites (N-methyl/N-ethyl adjacent to an activating group) is 1. The summed E-state index contributed by atoms with van der Waals surface area (Å²) < 4.78 is 30.0. The second-order valence-electron chi connectivity index (χ2n) is 35.4. The average Bonchev–Trinajstić information content (AvgIpc) is 1.57. The van der Waals surface area contributed by atoms with Gasteiger partial charge in [-0.15, -0.1) is 0 Å². The van der Waals surface area contributed by atoms with Gasteiger partial charge in [-0.1, -0.05) is 179 Å². The molecule has 4 aliphatic rings. The smallest absolute Gasteiger partial charge is 0.409 e. The summed E-state index contributed by atoms with van der Waals surface area (Å²) in [7, 11) is 10.4. The van der Waals surface area contributed by atoms with Crippen LogP contribution in [-0.2, 0) is 109 Å². The largest absolute Gasteiger partial charge is 0.508 e. The molecule has 3 fully saturated rings. The number of esters is 1. The molecule has 0 unspecified atom stereocenters. The lowest BCUT2D eigenvalue weighted by atomic mass is 9.83. The standard InChI is InChI=1S/C96H124ClN15O20S4/c1-53(2)83-92(124)108-73(90(122)104-68(85(99)117)45-60-49-100-65-27-18-16-25-63(60)65)52-136-135-51-72(91(123)105-70(42-58-31-33-62(113)34-32-58)88(120)106-71(46-61-50-101-66-28-19-17-26-64(61)66)89(121)103-67(86(118)109-83)29-15-12-20-37-98)107-87(119)69(41-57-23-13-11-14-24-57)102-79(114)35-38-133-134-39-36-80(115)111(7)56(5)93(125)131-78-47-81(116)112(8)74-43-59(44-75(128-9)82(74)97)40-54(3)22-21-30-77(129-10)96(127)48-76(130-94(126)110-96)55(4)84-95(78,6)132-84/h11,13-14,16-19,22-28,31-34,43-44,49-50,53,55-56,67-73,76-78,83-84,100-101,113,127H,12,15,20-21,29-30,35-42,45-48,51-52,98H2,1-10H3,(H2,99,117)(H,102,114)(H,103,121)(H,104,122)(H,105,123)(H,106,120)(H,107,119)(H,108,124)(H,109,118)(H,110,126)/b54-22+/t55-,56+,67+,68+,69-,70+,71-,72+,73+,76+,77-,78+,83+,84+,95+,96+/m1/s1. The predicted molar refractivity (Wildman–Crippen MR) is 523 cm³/mol. The third-order valence-electron chi connectivity index (χ3n) is 25.1. The SMILES string of the molecule is COc1cc2cc(c1Cl)N(C)C(=O)C[C@H](OC(=O)[C@H](C)N(C)C(=O)CCSSCCC(=O)N[C@H](Cc1ccccc1)C(=O)N[C@H]1CSSC[C@@H](C(=O)N[C@@H](Cc3c[nH]c4ccccc34)C(N)=O)NC(=O)[C@H](C(C)C)NC(=O)[C@H](CCCCCN)NC(=O)[C@@H](Cc3c[nH]c4ccccc34)NC(=O)[C@H](Cc3ccc(O)cc3)NC1=O)[C@]1(C)O[C@H]1[C@H](C)[C@@H]1C[C@@](O)(NC(=O)O1)[C@H](OC)CC/C=C(\C)C2. The van der Waals surface area contributed by atoms with Crippen LogP contribution in [0.25, 0.3) is 21.8 Å². The monoisotopic (exact) mass is 1970 g/mol. The summed E-state index contributed by atoms with van der Waals surface area (Å²) in [4.78, 5) is 200. The molecule has 40 heteroatoms. The third kappa shape index (κ3) is 28.4. The molecule has 4 aliphatic heterocycles. The van der Waals surface area contributed by atoms with Gasteiger partial charge >= 0.3 is 12.1 Å². The first-order valence-corrected chi connectivity index (χ1v) is 50.8. The van der Waals surface area contributed by atoms with Crippen LogP contribution in [0.2, 0.25) is 5.02 Å². The highest BCUT2D eigenvalue weighted by atomic mass is 35.5. The Bertz CT molecular complexity index is 5440. The molecule has 734 valence electrons. The van der Waals surface area contributed by atoms with Gasteiger partial charge in [0, 0.05) is 129 Å². The van der Waals surface area contributed by atoms with E-state index in [0.717, 1.165) is 43.6 Å². The molecule has 4 bridgehead atoms. The van der Waals surface area contributed by atoms with Crippen LogP contribution < -0.4 is 69.0 Å². The number of fused-ring (bicyclic) bond motifs is 7. The number of phenols is 1. The van der Waals surface area contributed by atoms with Gasteiger partial charge in [-0.05, 0) is 130 Å². The first kappa shape index (κ1) is 105. The number of allylic oxidation sites excluding steroid dienone is 2. The van der Waals surface area contributed by atoms with E-state index in [4.69, 9.17) is 46.8 Å². The molecular weight excluding hydrogens is 1850 g/mol. The number of anilines is 1. The molecule has 35 nitrogen and oxygen atoms in total. The van der Waals surface area contributed by atoms with E-state index in [1.54, 1.807) is 88.6 Å². The van der Waals surface area contributed by atoms with Crippen LogP contribution in [0, 0.1) is 11.8 Å². The van der Waals surface area contributed by atoms with Crippen LogP contribution in [0.5, 0.6) is 11.5 Å². The molecule has 7 aromatic rings. The lowest BCUT2D eigenvalue weighted by Crippen LogP contribution is -2.64. The number of phenolic OH excluding ortho intramolecular Hbond substituents is 1. The predicted octanol–water partition coefficient (Wildman–Crippen LogP) is 7.47. The number of nitrogens with zero attached hydrogens (tertiary/aromatic N) is 2. The number of hydrogen-bond acceptors (Lipinski definition) is 25. The minimum atomic E-state index is -1.86. The second kappa shape index (κ2) is 49.3. The van der Waals surface area contributed by atoms with Crippen LogP contribution in [0.4, 0.5) is 10.5 Å². The number of aliphatic hydroxyl groups is 1. The summed E-state index contributed by atoms with van der Waals surface area (Å²) in [6.45, 7) is 10.5. The molecular formula is C96H124ClN15O20S4. The van der Waals surface area contributed by atoms with Crippen molar-refractivity contribution in [2.24, 2.45) is 23.3 Å². The Morgan fingerprint density at radius 2 is 1.36 bits per heavy atom. The number of amides is 12. The number of aromatic hydroxyl groups is 1. The number of primary amides is 1. The highest BCUT2D eigenvalue weighted by molar-refractivity contribution is 8.77. The number of nitrogens with two attached hydrogens (primary N) is 2. The number of aromatic amines is 2. The number of carbonyl (C=O) groups excluding carboxylic acids is 13. The van der Waals surface area contributed by atoms with Crippen LogP contribution in [-0.4, -0.2) is 250 Å². The number of benzene rings is 5. The van der Waals surface area contributed by atoms with Crippen LogP contribution in [0.1, 0.15) is 134 Å². The fourth-order valence-corrected chi connectivity index (χ4v) is 21.5. The Hall–Kier alpha value is -11.0. The van der Waals surface area contributed by atoms with Crippen LogP contribution in [0.3, 0.4) is 0 Å². The fourth-order valence-electron chi connectivity index (χ4n) is 16.9. The number of epoxide rings is 1. The summed E-state index contributed by atoms with van der Waals surface area (Å²) in [6, 6.07) is 20.1. The van der Waals surface area contributed by atoms with Crippen molar-refractivity contribution in [1.82, 2.24) is 62.7 Å². The first-order valence-electron chi connectivity index (χ1n) is 45.5. The van der Waals surface area contributed by atoms with Crippen molar-refractivity contribution in [2.75, 3.05) is 62.8 Å². The number of nitrogens with one attached hydrogen (secondary N) is 11. The van der Waals surface area contributed by atoms with Crippen molar-refractivity contribution in [3.8, 4) is 11.5 Å². The van der Waals surface area contributed by atoms with E-state index in [1.807, 2.05) is 55.5 Å². The molecule has 17 N–H and O–H groups in total. The van der Waals surface area contributed by atoms with Crippen LogP contribution >= 0.6 is 54.8 Å².